The summed E-state index contributed by atoms with van der Waals surface area (Å²) in [6, 6.07) is 9.56. The highest BCUT2D eigenvalue weighted by molar-refractivity contribution is 9.13. The molecule has 27 heavy (non-hydrogen) atoms. The predicted molar refractivity (Wildman–Crippen MR) is 117 cm³/mol. The van der Waals surface area contributed by atoms with Crippen LogP contribution in [0.15, 0.2) is 49.2 Å². The van der Waals surface area contributed by atoms with Crippen LogP contribution in [-0.4, -0.2) is 23.3 Å². The predicted octanol–water partition coefficient (Wildman–Crippen LogP) is 5.38. The Morgan fingerprint density at radius 1 is 1.26 bits per heavy atom. The average molecular weight is 512 g/mol. The average Bonchev–Trinajstić information content (AvgIpc) is 3.01. The standard InChI is InChI=1S/C19H16Br2N2O3S/c1-3-10-4-6-12(7-5-10)22-19-23-18(25)14(27-19)9-11-8-13(26-2)17(24)16(21)15(11)20/h4-9,24H,3H2,1-2H3,(H,22,23,25)/b14-9+. The van der Waals surface area contributed by atoms with Crippen molar-refractivity contribution in [2.45, 2.75) is 13.3 Å². The third kappa shape index (κ3) is 4.39. The van der Waals surface area contributed by atoms with Gasteiger partial charge in [0.05, 0.1) is 22.2 Å². The van der Waals surface area contributed by atoms with Crippen LogP contribution in [0.4, 0.5) is 5.69 Å². The molecule has 0 aromatic heterocycles. The molecule has 5 nitrogen and oxygen atoms in total. The van der Waals surface area contributed by atoms with Gasteiger partial charge < -0.3 is 15.2 Å². The van der Waals surface area contributed by atoms with Crippen molar-refractivity contribution in [3.8, 4) is 11.5 Å². The molecule has 8 heteroatoms. The molecule has 3 rings (SSSR count). The van der Waals surface area contributed by atoms with Gasteiger partial charge in [-0.3, -0.25) is 4.79 Å². The van der Waals surface area contributed by atoms with Crippen molar-refractivity contribution in [3.05, 3.63) is 55.3 Å². The molecule has 1 saturated heterocycles. The van der Waals surface area contributed by atoms with Crippen LogP contribution < -0.4 is 10.1 Å². The van der Waals surface area contributed by atoms with Gasteiger partial charge in [-0.15, -0.1) is 0 Å². The smallest absolute Gasteiger partial charge is 0.264 e. The fourth-order valence-corrected chi connectivity index (χ4v) is 4.09. The lowest BCUT2D eigenvalue weighted by molar-refractivity contribution is -0.115. The van der Waals surface area contributed by atoms with Gasteiger partial charge in [0, 0.05) is 4.47 Å². The van der Waals surface area contributed by atoms with Crippen LogP contribution in [-0.2, 0) is 11.2 Å². The summed E-state index contributed by atoms with van der Waals surface area (Å²) >= 11 is 8.00. The Labute approximate surface area is 178 Å². The molecule has 2 aromatic carbocycles. The van der Waals surface area contributed by atoms with Crippen molar-refractivity contribution >= 4 is 66.5 Å². The van der Waals surface area contributed by atoms with E-state index in [0.29, 0.717) is 30.3 Å². The number of hydrogen-bond donors (Lipinski definition) is 2. The number of carbonyl (C=O) groups excluding carboxylic acids is 1. The number of aryl methyl sites for hydroxylation is 1. The zero-order chi connectivity index (χ0) is 19.6. The number of methoxy groups -OCH3 is 1. The maximum atomic E-state index is 12.3. The first-order chi connectivity index (χ1) is 12.9. The summed E-state index contributed by atoms with van der Waals surface area (Å²) in [4.78, 5) is 17.3. The molecule has 0 atom stereocenters. The first-order valence-corrected chi connectivity index (χ1v) is 10.5. The summed E-state index contributed by atoms with van der Waals surface area (Å²) in [6.07, 6.45) is 2.69. The van der Waals surface area contributed by atoms with Gasteiger partial charge in [-0.25, -0.2) is 4.99 Å². The molecule has 0 radical (unpaired) electrons. The summed E-state index contributed by atoms with van der Waals surface area (Å²) < 4.78 is 6.26. The van der Waals surface area contributed by atoms with Gasteiger partial charge in [-0.2, -0.15) is 0 Å². The maximum absolute atomic E-state index is 12.3. The minimum absolute atomic E-state index is 0.00664. The Kier molecular flexibility index (Phi) is 6.29. The van der Waals surface area contributed by atoms with E-state index >= 15 is 0 Å². The highest BCUT2D eigenvalue weighted by atomic mass is 79.9. The minimum atomic E-state index is -0.223. The summed E-state index contributed by atoms with van der Waals surface area (Å²) in [6.45, 7) is 2.10. The van der Waals surface area contributed by atoms with Crippen LogP contribution in [0.2, 0.25) is 0 Å². The van der Waals surface area contributed by atoms with E-state index in [1.165, 1.54) is 24.4 Å². The Bertz CT molecular complexity index is 956. The summed E-state index contributed by atoms with van der Waals surface area (Å²) in [7, 11) is 1.47. The van der Waals surface area contributed by atoms with Gasteiger partial charge in [-0.05, 0) is 85.4 Å². The van der Waals surface area contributed by atoms with E-state index in [1.54, 1.807) is 12.1 Å². The van der Waals surface area contributed by atoms with Crippen molar-refractivity contribution in [2.75, 3.05) is 7.11 Å². The number of nitrogens with one attached hydrogen (secondary N) is 1. The zero-order valence-electron chi connectivity index (χ0n) is 14.5. The first kappa shape index (κ1) is 20.0. The number of carbonyl (C=O) groups is 1. The molecular formula is C19H16Br2N2O3S. The molecule has 0 spiro atoms. The van der Waals surface area contributed by atoms with E-state index in [0.717, 1.165) is 12.1 Å². The second kappa shape index (κ2) is 8.50. The summed E-state index contributed by atoms with van der Waals surface area (Å²) in [5.41, 5.74) is 2.72. The van der Waals surface area contributed by atoms with E-state index in [-0.39, 0.29) is 11.7 Å². The van der Waals surface area contributed by atoms with E-state index in [4.69, 9.17) is 4.74 Å². The van der Waals surface area contributed by atoms with Crippen LogP contribution in [0.3, 0.4) is 0 Å². The molecule has 0 bridgehead atoms. The summed E-state index contributed by atoms with van der Waals surface area (Å²) in [5.74, 6) is 0.0806. The molecule has 0 unspecified atom stereocenters. The molecule has 1 amide bonds. The van der Waals surface area contributed by atoms with Crippen molar-refractivity contribution in [3.63, 3.8) is 0 Å². The zero-order valence-corrected chi connectivity index (χ0v) is 18.5. The number of rotatable bonds is 4. The normalized spacial score (nSPS) is 16.8. The number of hydrogen-bond acceptors (Lipinski definition) is 5. The highest BCUT2D eigenvalue weighted by Gasteiger charge is 2.25. The van der Waals surface area contributed by atoms with E-state index in [2.05, 4.69) is 49.1 Å². The van der Waals surface area contributed by atoms with E-state index < -0.39 is 0 Å². The number of phenols is 1. The van der Waals surface area contributed by atoms with Crippen molar-refractivity contribution in [1.82, 2.24) is 5.32 Å². The van der Waals surface area contributed by atoms with Gasteiger partial charge >= 0.3 is 0 Å². The van der Waals surface area contributed by atoms with Crippen molar-refractivity contribution in [1.29, 1.82) is 0 Å². The molecule has 0 aliphatic carbocycles. The molecule has 2 N–H and O–H groups in total. The number of aromatic hydroxyl groups is 1. The monoisotopic (exact) mass is 510 g/mol. The Morgan fingerprint density at radius 3 is 2.59 bits per heavy atom. The van der Waals surface area contributed by atoms with Crippen LogP contribution in [0, 0.1) is 0 Å². The molecule has 140 valence electrons. The molecule has 1 aliphatic rings. The fourth-order valence-electron chi connectivity index (χ4n) is 2.42. The van der Waals surface area contributed by atoms with Crippen molar-refractivity contribution in [2.24, 2.45) is 4.99 Å². The molecule has 1 fully saturated rings. The van der Waals surface area contributed by atoms with Crippen LogP contribution in [0.25, 0.3) is 6.08 Å². The highest BCUT2D eigenvalue weighted by Crippen LogP contribution is 2.43. The lowest BCUT2D eigenvalue weighted by atomic mass is 10.2. The van der Waals surface area contributed by atoms with Gasteiger partial charge in [-0.1, -0.05) is 19.1 Å². The minimum Gasteiger partial charge on any atom is -0.503 e. The Balaban J connectivity index is 1.89. The molecule has 1 heterocycles. The largest absolute Gasteiger partial charge is 0.503 e. The SMILES string of the molecule is CCc1ccc(N=C2NC(=O)/C(=C\c3cc(OC)c(O)c(Br)c3Br)S2)cc1. The lowest BCUT2D eigenvalue weighted by Crippen LogP contribution is -2.19. The number of aliphatic imine (C=N–C) groups is 1. The Hall–Kier alpha value is -1.77. The van der Waals surface area contributed by atoms with Gasteiger partial charge in [0.15, 0.2) is 16.7 Å². The van der Waals surface area contributed by atoms with Gasteiger partial charge in [0.25, 0.3) is 5.91 Å². The van der Waals surface area contributed by atoms with Crippen molar-refractivity contribution < 1.29 is 14.6 Å². The number of halogens is 2. The fraction of sp³-hybridized carbons (Fsp3) is 0.158. The van der Waals surface area contributed by atoms with Crippen LogP contribution >= 0.6 is 43.6 Å². The number of amides is 1. The second-order valence-electron chi connectivity index (χ2n) is 5.65. The third-order valence-electron chi connectivity index (χ3n) is 3.91. The second-order valence-corrected chi connectivity index (χ2v) is 8.26. The maximum Gasteiger partial charge on any atom is 0.264 e. The van der Waals surface area contributed by atoms with Gasteiger partial charge in [0.2, 0.25) is 0 Å². The number of nitrogens with zero attached hydrogens (tertiary/aromatic N) is 1. The van der Waals surface area contributed by atoms with E-state index in [1.807, 2.05) is 24.3 Å². The topological polar surface area (TPSA) is 70.9 Å². The Morgan fingerprint density at radius 2 is 1.96 bits per heavy atom. The molecular weight excluding hydrogens is 496 g/mol. The van der Waals surface area contributed by atoms with Crippen LogP contribution in [0.1, 0.15) is 18.1 Å². The lowest BCUT2D eigenvalue weighted by Gasteiger charge is -2.10. The number of ether oxygens (including phenoxy) is 1. The number of amidine groups is 1. The number of phenolic OH excluding ortho intramolecular Hbond substituents is 1. The van der Waals surface area contributed by atoms with Crippen LogP contribution in [0.5, 0.6) is 11.5 Å². The van der Waals surface area contributed by atoms with E-state index in [9.17, 15) is 9.90 Å². The molecule has 0 saturated carbocycles. The number of benzene rings is 2. The quantitative estimate of drug-likeness (QED) is 0.540. The third-order valence-corrected chi connectivity index (χ3v) is 6.98. The number of thioether (sulfide) groups is 1. The first-order valence-electron chi connectivity index (χ1n) is 8.06. The van der Waals surface area contributed by atoms with Gasteiger partial charge in [0.1, 0.15) is 0 Å². The molecule has 2 aromatic rings. The summed E-state index contributed by atoms with van der Waals surface area (Å²) in [5, 5.41) is 13.3. The molecule has 1 aliphatic heterocycles.